The molecule has 0 amide bonds. The Morgan fingerprint density at radius 3 is 1.75 bits per heavy atom. The number of nitrogens with one attached hydrogen (secondary N) is 2. The number of nitrogens with two attached hydrogens (primary N) is 3. The molecule has 0 atom stereocenters. The number of nitrogens with zero attached hydrogens (tertiary/aromatic N) is 1. The van der Waals surface area contributed by atoms with Crippen LogP contribution in [0.2, 0.25) is 0 Å². The van der Waals surface area contributed by atoms with Crippen LogP contribution in [0.15, 0.2) is 5.10 Å². The van der Waals surface area contributed by atoms with Crippen LogP contribution in [-0.4, -0.2) is 5.96 Å². The lowest BCUT2D eigenvalue weighted by Crippen LogP contribution is -3.00. The Hall–Kier alpha value is -0.720. The van der Waals surface area contributed by atoms with Crippen LogP contribution in [0.5, 0.6) is 0 Å². The van der Waals surface area contributed by atoms with Crippen molar-refractivity contribution in [3.63, 3.8) is 0 Å². The molecule has 0 unspecified atom stereocenters. The fraction of sp³-hybridized carbons (Fsp3) is 0. The van der Waals surface area contributed by atoms with E-state index in [9.17, 15) is 0 Å². The average Bonchev–Trinajstić information content (AvgIpc) is 1.72. The highest BCUT2D eigenvalue weighted by Crippen LogP contribution is 1.45. The molecule has 6 nitrogen and oxygen atoms in total. The second-order valence-electron chi connectivity index (χ2n) is 0.766. The van der Waals surface area contributed by atoms with Crippen LogP contribution >= 0.6 is 0 Å². The molecular weight excluding hydrogens is 132 g/mol. The van der Waals surface area contributed by atoms with Crippen molar-refractivity contribution in [2.45, 2.75) is 0 Å². The lowest BCUT2D eigenvalue weighted by Gasteiger charge is -1.97. The van der Waals surface area contributed by atoms with Gasteiger partial charge in [-0.15, -0.1) is 5.10 Å². The van der Waals surface area contributed by atoms with E-state index >= 15 is 0 Å². The Balaban J connectivity index is -0.000000180. The van der Waals surface area contributed by atoms with Gasteiger partial charge in [0.15, 0.2) is 0 Å². The van der Waals surface area contributed by atoms with Gasteiger partial charge in [-0.25, -0.2) is 11.7 Å². The molecule has 0 spiro atoms. The zero-order valence-electron chi connectivity index (χ0n) is 5.06. The van der Waals surface area contributed by atoms with Crippen molar-refractivity contribution in [1.29, 1.82) is 0 Å². The molecule has 0 bridgehead atoms. The van der Waals surface area contributed by atoms with Gasteiger partial charge >= 0.3 is 1.43 Å². The van der Waals surface area contributed by atoms with Crippen molar-refractivity contribution >= 4 is 5.96 Å². The number of hydrazine groups is 2. The number of halogens is 1. The third-order valence-corrected chi connectivity index (χ3v) is 0.403. The minimum atomic E-state index is 0. The van der Waals surface area contributed by atoms with Crippen molar-refractivity contribution in [2.75, 3.05) is 0 Å². The first-order chi connectivity index (χ1) is 3.35. The minimum Gasteiger partial charge on any atom is -1.00 e. The van der Waals surface area contributed by atoms with E-state index < -0.39 is 0 Å². The highest BCUT2D eigenvalue weighted by Gasteiger charge is 1.82. The van der Waals surface area contributed by atoms with Gasteiger partial charge in [-0.3, -0.25) is 10.9 Å². The molecule has 0 fully saturated rings. The highest BCUT2D eigenvalue weighted by molar-refractivity contribution is 5.77. The Kier molecular flexibility index (Phi) is 8.08. The summed E-state index contributed by atoms with van der Waals surface area (Å²) >= 11 is 0. The average molecular weight is 141 g/mol. The molecule has 8 heavy (non-hydrogen) atoms. The standard InChI is InChI=1S/CH8N6.ClH/c2-5-1(6-3)7-4;/h2-4H2,(H2,5,6,7);1H. The van der Waals surface area contributed by atoms with E-state index in [0.29, 0.717) is 0 Å². The second-order valence-corrected chi connectivity index (χ2v) is 0.766. The summed E-state index contributed by atoms with van der Waals surface area (Å²) in [5.41, 5.74) is 4.18. The van der Waals surface area contributed by atoms with Gasteiger partial charge < -0.3 is 18.2 Å². The fourth-order valence-corrected chi connectivity index (χ4v) is 0.116. The molecule has 0 aromatic heterocycles. The van der Waals surface area contributed by atoms with Crippen molar-refractivity contribution < 1.29 is 13.8 Å². The Labute approximate surface area is 54.3 Å². The lowest BCUT2D eigenvalue weighted by atomic mass is 11.1. The predicted octanol–water partition coefficient (Wildman–Crippen LogP) is -5.74. The van der Waals surface area contributed by atoms with Crippen LogP contribution in [0.25, 0.3) is 0 Å². The maximum Gasteiger partial charge on any atom is 1.00 e. The zero-order chi connectivity index (χ0) is 5.70. The third kappa shape index (κ3) is 3.47. The van der Waals surface area contributed by atoms with E-state index in [1.165, 1.54) is 0 Å². The van der Waals surface area contributed by atoms with Gasteiger partial charge in [0.05, 0.1) is 0 Å². The highest BCUT2D eigenvalue weighted by atomic mass is 35.5. The van der Waals surface area contributed by atoms with Crippen molar-refractivity contribution in [3.05, 3.63) is 0 Å². The predicted molar refractivity (Wildman–Crippen MR) is 27.4 cm³/mol. The summed E-state index contributed by atoms with van der Waals surface area (Å²) in [5.74, 6) is 14.4. The smallest absolute Gasteiger partial charge is 1.00 e. The number of hydrogen-bond donors (Lipinski definition) is 5. The summed E-state index contributed by atoms with van der Waals surface area (Å²) in [6, 6.07) is 0. The molecule has 0 aliphatic heterocycles. The quantitative estimate of drug-likeness (QED) is 0.0996. The number of hydrazone groups is 1. The topological polar surface area (TPSA) is 114 Å². The van der Waals surface area contributed by atoms with Gasteiger partial charge in [-0.1, -0.05) is 0 Å². The first-order valence-electron chi connectivity index (χ1n) is 1.56. The summed E-state index contributed by atoms with van der Waals surface area (Å²) < 4.78 is 0. The Morgan fingerprint density at radius 2 is 1.75 bits per heavy atom. The SMILES string of the molecule is NN=C(NN)NN.[Cl-].[H+]. The molecule has 0 saturated heterocycles. The van der Waals surface area contributed by atoms with Gasteiger partial charge in [0.25, 0.3) is 0 Å². The van der Waals surface area contributed by atoms with E-state index in [2.05, 4.69) is 16.0 Å². The molecular formula is CH9ClN6. The molecule has 0 aliphatic rings. The van der Waals surface area contributed by atoms with Gasteiger partial charge in [-0.2, -0.15) is 0 Å². The Morgan fingerprint density at radius 1 is 1.38 bits per heavy atom. The van der Waals surface area contributed by atoms with E-state index in [1.807, 2.05) is 0 Å². The largest absolute Gasteiger partial charge is 1.00 e. The molecule has 50 valence electrons. The van der Waals surface area contributed by atoms with Gasteiger partial charge in [0.1, 0.15) is 0 Å². The lowest BCUT2D eigenvalue weighted by molar-refractivity contribution is -0.00000185. The monoisotopic (exact) mass is 140 g/mol. The van der Waals surface area contributed by atoms with Crippen LogP contribution in [0.4, 0.5) is 0 Å². The van der Waals surface area contributed by atoms with Crippen LogP contribution in [0.3, 0.4) is 0 Å². The van der Waals surface area contributed by atoms with Crippen molar-refractivity contribution in [3.8, 4) is 0 Å². The van der Waals surface area contributed by atoms with Gasteiger partial charge in [0.2, 0.25) is 5.96 Å². The summed E-state index contributed by atoms with van der Waals surface area (Å²) in [4.78, 5) is 0. The molecule has 7 heteroatoms. The minimum absolute atomic E-state index is 0. The van der Waals surface area contributed by atoms with E-state index in [4.69, 9.17) is 17.5 Å². The van der Waals surface area contributed by atoms with Crippen LogP contribution in [-0.2, 0) is 0 Å². The van der Waals surface area contributed by atoms with E-state index in [-0.39, 0.29) is 19.8 Å². The molecule has 0 aliphatic carbocycles. The molecule has 8 N–H and O–H groups in total. The summed E-state index contributed by atoms with van der Waals surface area (Å²) in [5, 5.41) is 3.07. The molecule has 0 aromatic rings. The van der Waals surface area contributed by atoms with Crippen LogP contribution < -0.4 is 40.8 Å². The normalized spacial score (nSPS) is 6.25. The first-order valence-corrected chi connectivity index (χ1v) is 1.56. The Bertz CT molecular complexity index is 67.5. The summed E-state index contributed by atoms with van der Waals surface area (Å²) in [7, 11) is 0. The van der Waals surface area contributed by atoms with Crippen LogP contribution in [0.1, 0.15) is 1.43 Å². The molecule has 0 rings (SSSR count). The number of rotatable bonds is 0. The third-order valence-electron chi connectivity index (χ3n) is 0.403. The van der Waals surface area contributed by atoms with E-state index in [1.54, 1.807) is 0 Å². The molecule has 0 radical (unpaired) electrons. The zero-order valence-corrected chi connectivity index (χ0v) is 4.81. The molecule has 0 aromatic carbocycles. The van der Waals surface area contributed by atoms with Gasteiger partial charge in [0, 0.05) is 0 Å². The van der Waals surface area contributed by atoms with Crippen molar-refractivity contribution in [1.82, 2.24) is 10.9 Å². The van der Waals surface area contributed by atoms with Crippen LogP contribution in [0, 0.1) is 0 Å². The molecule has 0 heterocycles. The second kappa shape index (κ2) is 6.28. The maximum absolute atomic E-state index is 4.79. The van der Waals surface area contributed by atoms with Crippen molar-refractivity contribution in [2.24, 2.45) is 22.6 Å². The number of guanidine groups is 1. The first kappa shape index (κ1) is 10.3. The maximum atomic E-state index is 4.79. The summed E-state index contributed by atoms with van der Waals surface area (Å²) in [6.07, 6.45) is 0. The summed E-state index contributed by atoms with van der Waals surface area (Å²) in [6.45, 7) is 0. The van der Waals surface area contributed by atoms with Gasteiger partial charge in [-0.05, 0) is 0 Å². The fourth-order valence-electron chi connectivity index (χ4n) is 0.116. The molecule has 0 saturated carbocycles. The van der Waals surface area contributed by atoms with E-state index in [0.717, 1.165) is 0 Å². The number of hydrogen-bond acceptors (Lipinski definition) is 4.